The minimum Gasteiger partial charge on any atom is -0.508 e. The van der Waals surface area contributed by atoms with Crippen molar-refractivity contribution in [2.24, 2.45) is 0 Å². The summed E-state index contributed by atoms with van der Waals surface area (Å²) in [7, 11) is 0. The number of phenolic OH excluding ortho intramolecular Hbond substituents is 1. The number of aryl methyl sites for hydroxylation is 1. The molecular weight excluding hydrogens is 264 g/mol. The number of nitrogens with one attached hydrogen (secondary N) is 1. The van der Waals surface area contributed by atoms with Crippen molar-refractivity contribution in [2.75, 3.05) is 0 Å². The second-order valence-electron chi connectivity index (χ2n) is 5.92. The Morgan fingerprint density at radius 3 is 2.43 bits per heavy atom. The van der Waals surface area contributed by atoms with E-state index in [0.29, 0.717) is 18.4 Å². The lowest BCUT2D eigenvalue weighted by Crippen LogP contribution is -2.47. The van der Waals surface area contributed by atoms with E-state index >= 15 is 0 Å². The number of hydrogen-bond acceptors (Lipinski definition) is 3. The van der Waals surface area contributed by atoms with Crippen LogP contribution in [-0.2, 0) is 0 Å². The third-order valence-corrected chi connectivity index (χ3v) is 4.25. The predicted octanol–water partition coefficient (Wildman–Crippen LogP) is 3.44. The number of benzene rings is 1. The fraction of sp³-hybridized carbons (Fsp3) is 0.529. The highest BCUT2D eigenvalue weighted by atomic mass is 16.3. The maximum atomic E-state index is 12.4. The Kier molecular flexibility index (Phi) is 4.85. The van der Waals surface area contributed by atoms with Crippen molar-refractivity contribution in [2.45, 2.75) is 57.4 Å². The van der Waals surface area contributed by atoms with Crippen LogP contribution in [0.5, 0.6) is 5.75 Å². The van der Waals surface area contributed by atoms with Crippen molar-refractivity contribution < 1.29 is 9.90 Å². The van der Waals surface area contributed by atoms with Crippen molar-refractivity contribution in [1.82, 2.24) is 5.32 Å². The van der Waals surface area contributed by atoms with Crippen molar-refractivity contribution in [3.8, 4) is 11.8 Å². The van der Waals surface area contributed by atoms with Gasteiger partial charge in [0, 0.05) is 5.56 Å². The Bertz CT molecular complexity index is 552. The molecule has 1 saturated carbocycles. The van der Waals surface area contributed by atoms with E-state index in [1.165, 1.54) is 12.5 Å². The van der Waals surface area contributed by atoms with E-state index in [1.54, 1.807) is 19.1 Å². The molecule has 1 aromatic carbocycles. The average molecular weight is 286 g/mol. The number of hydrogen-bond donors (Lipinski definition) is 2. The van der Waals surface area contributed by atoms with Crippen LogP contribution in [0.25, 0.3) is 0 Å². The maximum Gasteiger partial charge on any atom is 0.252 e. The van der Waals surface area contributed by atoms with Crippen LogP contribution in [0.1, 0.15) is 60.9 Å². The van der Waals surface area contributed by atoms with Gasteiger partial charge in [-0.25, -0.2) is 0 Å². The normalized spacial score (nSPS) is 18.1. The van der Waals surface area contributed by atoms with E-state index in [0.717, 1.165) is 31.2 Å². The molecule has 0 bridgehead atoms. The van der Waals surface area contributed by atoms with Crippen molar-refractivity contribution >= 4 is 5.91 Å². The lowest BCUT2D eigenvalue weighted by Gasteiger charge is -2.29. The Morgan fingerprint density at radius 2 is 1.86 bits per heavy atom. The highest BCUT2D eigenvalue weighted by molar-refractivity contribution is 5.95. The van der Waals surface area contributed by atoms with E-state index in [4.69, 9.17) is 0 Å². The first-order chi connectivity index (χ1) is 10.1. The Balaban J connectivity index is 2.14. The summed E-state index contributed by atoms with van der Waals surface area (Å²) in [4.78, 5) is 12.4. The molecule has 2 rings (SSSR count). The van der Waals surface area contributed by atoms with Gasteiger partial charge < -0.3 is 10.4 Å². The van der Waals surface area contributed by atoms with Gasteiger partial charge in [0.1, 0.15) is 11.3 Å². The van der Waals surface area contributed by atoms with Gasteiger partial charge in [0.2, 0.25) is 0 Å². The molecule has 1 aromatic rings. The summed E-state index contributed by atoms with van der Waals surface area (Å²) < 4.78 is 0. The second kappa shape index (κ2) is 6.62. The number of rotatable bonds is 2. The zero-order chi connectivity index (χ0) is 15.3. The lowest BCUT2D eigenvalue weighted by molar-refractivity contribution is 0.0907. The van der Waals surface area contributed by atoms with Gasteiger partial charge in [-0.1, -0.05) is 38.2 Å². The molecule has 112 valence electrons. The average Bonchev–Trinajstić information content (AvgIpc) is 2.45. The van der Waals surface area contributed by atoms with E-state index in [2.05, 4.69) is 11.4 Å². The molecule has 0 aliphatic heterocycles. The number of phenols is 1. The summed E-state index contributed by atoms with van der Waals surface area (Å²) >= 11 is 0. The van der Waals surface area contributed by atoms with Crippen molar-refractivity contribution in [3.05, 3.63) is 29.3 Å². The van der Waals surface area contributed by atoms with Crippen molar-refractivity contribution in [1.29, 1.82) is 5.26 Å². The number of carbonyl (C=O) groups is 1. The molecule has 0 spiro atoms. The summed E-state index contributed by atoms with van der Waals surface area (Å²) in [5.74, 6) is -0.182. The van der Waals surface area contributed by atoms with E-state index in [1.807, 2.05) is 0 Å². The van der Waals surface area contributed by atoms with Crippen LogP contribution < -0.4 is 5.32 Å². The van der Waals surface area contributed by atoms with E-state index in [9.17, 15) is 15.2 Å². The molecule has 4 heteroatoms. The van der Waals surface area contributed by atoms with Gasteiger partial charge in [0.25, 0.3) is 5.91 Å². The summed E-state index contributed by atoms with van der Waals surface area (Å²) in [6.45, 7) is 1.78. The van der Waals surface area contributed by atoms with Crippen LogP contribution in [0.3, 0.4) is 0 Å². The molecule has 0 heterocycles. The zero-order valence-electron chi connectivity index (χ0n) is 12.5. The van der Waals surface area contributed by atoms with Crippen LogP contribution in [0.4, 0.5) is 0 Å². The molecule has 4 nitrogen and oxygen atoms in total. The molecule has 1 aliphatic rings. The summed E-state index contributed by atoms with van der Waals surface area (Å²) in [5.41, 5.74) is 0.361. The van der Waals surface area contributed by atoms with E-state index in [-0.39, 0.29) is 11.7 Å². The molecule has 1 aliphatic carbocycles. The van der Waals surface area contributed by atoms with Crippen LogP contribution in [-0.4, -0.2) is 16.6 Å². The van der Waals surface area contributed by atoms with Gasteiger partial charge in [0.15, 0.2) is 0 Å². The molecular formula is C17H22N2O2. The van der Waals surface area contributed by atoms with Gasteiger partial charge in [-0.2, -0.15) is 5.26 Å². The summed E-state index contributed by atoms with van der Waals surface area (Å²) in [6, 6.07) is 7.16. The first-order valence-corrected chi connectivity index (χ1v) is 7.60. The molecule has 1 fully saturated rings. The molecule has 0 radical (unpaired) electrons. The first kappa shape index (κ1) is 15.4. The van der Waals surface area contributed by atoms with Gasteiger partial charge in [-0.3, -0.25) is 4.79 Å². The first-order valence-electron chi connectivity index (χ1n) is 7.60. The third kappa shape index (κ3) is 3.75. The maximum absolute atomic E-state index is 12.4. The second-order valence-corrected chi connectivity index (χ2v) is 5.92. The topological polar surface area (TPSA) is 73.1 Å². The number of nitrogens with zero attached hydrogens (tertiary/aromatic N) is 1. The number of aromatic hydroxyl groups is 1. The largest absolute Gasteiger partial charge is 0.508 e. The Morgan fingerprint density at radius 1 is 1.24 bits per heavy atom. The molecule has 0 unspecified atom stereocenters. The van der Waals surface area contributed by atoms with Crippen LogP contribution in [0.2, 0.25) is 0 Å². The minimum absolute atomic E-state index is 0.103. The smallest absolute Gasteiger partial charge is 0.252 e. The monoisotopic (exact) mass is 286 g/mol. The Hall–Kier alpha value is -2.02. The minimum atomic E-state index is -0.766. The fourth-order valence-corrected chi connectivity index (χ4v) is 2.81. The van der Waals surface area contributed by atoms with Gasteiger partial charge in [0.05, 0.1) is 6.07 Å². The molecule has 2 N–H and O–H groups in total. The van der Waals surface area contributed by atoms with Gasteiger partial charge >= 0.3 is 0 Å². The summed E-state index contributed by atoms with van der Waals surface area (Å²) in [5, 5.41) is 22.2. The number of carbonyl (C=O) groups excluding carboxylic acids is 1. The number of amides is 1. The Labute approximate surface area is 125 Å². The molecule has 0 aromatic heterocycles. The molecule has 0 atom stereocenters. The van der Waals surface area contributed by atoms with Gasteiger partial charge in [-0.05, 0) is 37.5 Å². The standard InChI is InChI=1S/C17H22N2O2/c1-13-7-8-14(11-15(13)20)16(21)19-17(12-18)9-5-3-2-4-6-10-17/h7-8,11,20H,2-6,9-10H2,1H3,(H,19,21). The van der Waals surface area contributed by atoms with Crippen molar-refractivity contribution in [3.63, 3.8) is 0 Å². The molecule has 21 heavy (non-hydrogen) atoms. The predicted molar refractivity (Wildman–Crippen MR) is 81.0 cm³/mol. The van der Waals surface area contributed by atoms with E-state index < -0.39 is 5.54 Å². The molecule has 0 saturated heterocycles. The number of nitriles is 1. The van der Waals surface area contributed by atoms with Crippen LogP contribution >= 0.6 is 0 Å². The molecule has 1 amide bonds. The van der Waals surface area contributed by atoms with Gasteiger partial charge in [-0.15, -0.1) is 0 Å². The fourth-order valence-electron chi connectivity index (χ4n) is 2.81. The van der Waals surface area contributed by atoms with Crippen LogP contribution in [0, 0.1) is 18.3 Å². The third-order valence-electron chi connectivity index (χ3n) is 4.25. The SMILES string of the molecule is Cc1ccc(C(=O)NC2(C#N)CCCCCCC2)cc1O. The lowest BCUT2D eigenvalue weighted by atomic mass is 9.85. The van der Waals surface area contributed by atoms with Crippen LogP contribution in [0.15, 0.2) is 18.2 Å². The highest BCUT2D eigenvalue weighted by Crippen LogP contribution is 2.26. The zero-order valence-corrected chi connectivity index (χ0v) is 12.5. The highest BCUT2D eigenvalue weighted by Gasteiger charge is 2.32. The quantitative estimate of drug-likeness (QED) is 0.874. The summed E-state index contributed by atoms with van der Waals surface area (Å²) in [6.07, 6.45) is 6.77.